The Morgan fingerprint density at radius 1 is 1.06 bits per heavy atom. The topological polar surface area (TPSA) is 102 Å². The lowest BCUT2D eigenvalue weighted by atomic mass is 9.86. The highest BCUT2D eigenvalue weighted by molar-refractivity contribution is 7.91. The molecule has 7 nitrogen and oxygen atoms in total. The van der Waals surface area contributed by atoms with Gasteiger partial charge in [-0.05, 0) is 59.6 Å². The van der Waals surface area contributed by atoms with Crippen molar-refractivity contribution in [1.82, 2.24) is 0 Å². The summed E-state index contributed by atoms with van der Waals surface area (Å²) < 4.78 is 41.4. The number of ether oxygens (including phenoxy) is 3. The van der Waals surface area contributed by atoms with Crippen LogP contribution in [0.25, 0.3) is 0 Å². The molecule has 0 amide bonds. The van der Waals surface area contributed by atoms with Gasteiger partial charge in [-0.15, -0.1) is 0 Å². The number of rotatable bonds is 5. The van der Waals surface area contributed by atoms with Gasteiger partial charge in [0.15, 0.2) is 15.3 Å². The molecule has 3 heterocycles. The summed E-state index contributed by atoms with van der Waals surface area (Å²) in [5.41, 5.74) is 4.14. The molecule has 184 valence electrons. The summed E-state index contributed by atoms with van der Waals surface area (Å²) in [5.74, 6) is 1.30. The number of aliphatic hydroxyl groups excluding tert-OH is 2. The standard InChI is InChI=1S/C26H32O7S/c1-34(29,30)26-25(28)22(27)13-24(33-26)18-6-7-21(20-14-31-15-20)19(12-18)11-16-5-8-23-17(10-16)4-2-3-9-32-23/h5-8,10,12,20,22,24-28H,2-4,9,11,13-15H2,1H3/t22-,24-,25+,26-/m1/s1. The zero-order valence-electron chi connectivity index (χ0n) is 19.4. The molecule has 0 radical (unpaired) electrons. The number of fused-ring (bicyclic) bond motifs is 1. The molecule has 0 bridgehead atoms. The summed E-state index contributed by atoms with van der Waals surface area (Å²) in [7, 11) is -3.70. The van der Waals surface area contributed by atoms with Gasteiger partial charge in [0, 0.05) is 18.6 Å². The van der Waals surface area contributed by atoms with Crippen molar-refractivity contribution in [3.05, 3.63) is 64.2 Å². The Morgan fingerprint density at radius 2 is 1.88 bits per heavy atom. The van der Waals surface area contributed by atoms with Crippen LogP contribution in [0.4, 0.5) is 0 Å². The fourth-order valence-corrected chi connectivity index (χ4v) is 6.12. The van der Waals surface area contributed by atoms with Crippen LogP contribution >= 0.6 is 0 Å². The van der Waals surface area contributed by atoms with Crippen LogP contribution in [0.1, 0.15) is 59.1 Å². The molecule has 8 heteroatoms. The van der Waals surface area contributed by atoms with E-state index >= 15 is 0 Å². The van der Waals surface area contributed by atoms with Gasteiger partial charge in [-0.1, -0.05) is 30.3 Å². The molecule has 2 N–H and O–H groups in total. The monoisotopic (exact) mass is 488 g/mol. The maximum Gasteiger partial charge on any atom is 0.187 e. The van der Waals surface area contributed by atoms with Crippen molar-refractivity contribution >= 4 is 9.84 Å². The third-order valence-electron chi connectivity index (χ3n) is 7.08. The van der Waals surface area contributed by atoms with E-state index in [4.69, 9.17) is 14.2 Å². The van der Waals surface area contributed by atoms with Crippen molar-refractivity contribution in [3.63, 3.8) is 0 Å². The lowest BCUT2D eigenvalue weighted by Crippen LogP contribution is -2.49. The molecular formula is C26H32O7S. The summed E-state index contributed by atoms with van der Waals surface area (Å²) in [6.45, 7) is 2.13. The zero-order chi connectivity index (χ0) is 23.9. The molecule has 5 rings (SSSR count). The smallest absolute Gasteiger partial charge is 0.187 e. The third kappa shape index (κ3) is 4.88. The van der Waals surface area contributed by atoms with E-state index in [1.807, 2.05) is 6.07 Å². The van der Waals surface area contributed by atoms with Crippen molar-refractivity contribution in [3.8, 4) is 5.75 Å². The first-order chi connectivity index (χ1) is 16.3. The molecule has 0 saturated carbocycles. The van der Waals surface area contributed by atoms with E-state index in [-0.39, 0.29) is 6.42 Å². The first kappa shape index (κ1) is 23.8. The number of benzene rings is 2. The number of sulfone groups is 1. The summed E-state index contributed by atoms with van der Waals surface area (Å²) >= 11 is 0. The first-order valence-electron chi connectivity index (χ1n) is 11.9. The van der Waals surface area contributed by atoms with Crippen molar-refractivity contribution in [2.24, 2.45) is 0 Å². The number of hydrogen-bond acceptors (Lipinski definition) is 7. The van der Waals surface area contributed by atoms with Gasteiger partial charge in [0.1, 0.15) is 11.9 Å². The lowest BCUT2D eigenvalue weighted by molar-refractivity contribution is -0.140. The molecule has 2 saturated heterocycles. The third-order valence-corrected chi connectivity index (χ3v) is 8.32. The van der Waals surface area contributed by atoms with E-state index < -0.39 is 33.6 Å². The fourth-order valence-electron chi connectivity index (χ4n) is 5.10. The highest BCUT2D eigenvalue weighted by Gasteiger charge is 2.43. The normalized spacial score (nSPS) is 27.9. The molecule has 2 aromatic carbocycles. The zero-order valence-corrected chi connectivity index (χ0v) is 20.2. The van der Waals surface area contributed by atoms with Crippen LogP contribution in [0.2, 0.25) is 0 Å². The highest BCUT2D eigenvalue weighted by atomic mass is 32.2. The van der Waals surface area contributed by atoms with E-state index in [9.17, 15) is 18.6 Å². The molecule has 3 aliphatic rings. The molecular weight excluding hydrogens is 456 g/mol. The number of aliphatic hydroxyl groups is 2. The Bertz CT molecular complexity index is 1140. The molecule has 0 aliphatic carbocycles. The van der Waals surface area contributed by atoms with Crippen LogP contribution in [0, 0.1) is 0 Å². The van der Waals surface area contributed by atoms with Crippen molar-refractivity contribution < 1.29 is 32.8 Å². The van der Waals surface area contributed by atoms with Gasteiger partial charge in [-0.2, -0.15) is 0 Å². The predicted molar refractivity (Wildman–Crippen MR) is 127 cm³/mol. The average molecular weight is 489 g/mol. The minimum absolute atomic E-state index is 0.134. The maximum atomic E-state index is 12.1. The largest absolute Gasteiger partial charge is 0.493 e. The van der Waals surface area contributed by atoms with Crippen LogP contribution in [-0.2, 0) is 32.2 Å². The van der Waals surface area contributed by atoms with Gasteiger partial charge in [0.05, 0.1) is 32.0 Å². The maximum absolute atomic E-state index is 12.1. The average Bonchev–Trinajstić information content (AvgIpc) is 2.99. The molecule has 0 unspecified atom stereocenters. The molecule has 2 aromatic rings. The van der Waals surface area contributed by atoms with Crippen LogP contribution in [0.5, 0.6) is 5.75 Å². The summed E-state index contributed by atoms with van der Waals surface area (Å²) in [6.07, 6.45) is 1.81. The van der Waals surface area contributed by atoms with Crippen LogP contribution < -0.4 is 4.74 Å². The summed E-state index contributed by atoms with van der Waals surface area (Å²) in [4.78, 5) is 0. The number of hydrogen-bond donors (Lipinski definition) is 2. The van der Waals surface area contributed by atoms with E-state index in [2.05, 4.69) is 30.3 Å². The molecule has 0 spiro atoms. The molecule has 0 aromatic heterocycles. The van der Waals surface area contributed by atoms with Gasteiger partial charge >= 0.3 is 0 Å². The van der Waals surface area contributed by atoms with E-state index in [1.165, 1.54) is 16.7 Å². The lowest BCUT2D eigenvalue weighted by Gasteiger charge is -2.37. The second-order valence-electron chi connectivity index (χ2n) is 9.73. The quantitative estimate of drug-likeness (QED) is 0.667. The predicted octanol–water partition coefficient (Wildman–Crippen LogP) is 2.66. The Morgan fingerprint density at radius 3 is 2.62 bits per heavy atom. The fraction of sp³-hybridized carbons (Fsp3) is 0.538. The molecule has 3 aliphatic heterocycles. The van der Waals surface area contributed by atoms with Gasteiger partial charge in [-0.25, -0.2) is 8.42 Å². The SMILES string of the molecule is CS(=O)(=O)[C@H]1O[C@@H](c2ccc(C3COC3)c(Cc3ccc4c(c3)CCCCO4)c2)C[C@@H](O)[C@@H]1O. The van der Waals surface area contributed by atoms with Gasteiger partial charge in [0.2, 0.25) is 0 Å². The Labute approximate surface area is 200 Å². The molecule has 4 atom stereocenters. The minimum Gasteiger partial charge on any atom is -0.493 e. The molecule has 2 fully saturated rings. The van der Waals surface area contributed by atoms with Crippen molar-refractivity contribution in [2.45, 2.75) is 61.8 Å². The van der Waals surface area contributed by atoms with E-state index in [0.29, 0.717) is 19.1 Å². The Hall–Kier alpha value is -1.97. The molecule has 34 heavy (non-hydrogen) atoms. The van der Waals surface area contributed by atoms with Gasteiger partial charge in [-0.3, -0.25) is 0 Å². The Balaban J connectivity index is 1.45. The summed E-state index contributed by atoms with van der Waals surface area (Å²) in [6, 6.07) is 12.5. The summed E-state index contributed by atoms with van der Waals surface area (Å²) in [5, 5.41) is 20.5. The van der Waals surface area contributed by atoms with Crippen LogP contribution in [0.15, 0.2) is 36.4 Å². The minimum atomic E-state index is -3.70. The Kier molecular flexibility index (Phi) is 6.70. The number of aryl methyl sites for hydroxylation is 1. The second-order valence-corrected chi connectivity index (χ2v) is 11.9. The highest BCUT2D eigenvalue weighted by Crippen LogP contribution is 2.37. The van der Waals surface area contributed by atoms with E-state index in [0.717, 1.165) is 55.4 Å². The van der Waals surface area contributed by atoms with Crippen LogP contribution in [0.3, 0.4) is 0 Å². The first-order valence-corrected chi connectivity index (χ1v) is 13.9. The van der Waals surface area contributed by atoms with Crippen LogP contribution in [-0.4, -0.2) is 62.4 Å². The van der Waals surface area contributed by atoms with Crippen molar-refractivity contribution in [1.29, 1.82) is 0 Å². The van der Waals surface area contributed by atoms with Gasteiger partial charge in [0.25, 0.3) is 0 Å². The van der Waals surface area contributed by atoms with E-state index in [1.54, 1.807) is 0 Å². The van der Waals surface area contributed by atoms with Crippen molar-refractivity contribution in [2.75, 3.05) is 26.1 Å². The van der Waals surface area contributed by atoms with Gasteiger partial charge < -0.3 is 24.4 Å². The second kappa shape index (κ2) is 9.59.